The summed E-state index contributed by atoms with van der Waals surface area (Å²) in [6.45, 7) is 7.42. The largest absolute Gasteiger partial charge is 0.455 e. The first-order valence-corrected chi connectivity index (χ1v) is 14.0. The zero-order valence-corrected chi connectivity index (χ0v) is 22.7. The lowest BCUT2D eigenvalue weighted by molar-refractivity contribution is 0.677. The molecule has 0 unspecified atom stereocenters. The van der Waals surface area contributed by atoms with E-state index >= 15 is 0 Å². The van der Waals surface area contributed by atoms with Crippen LogP contribution in [0, 0.1) is 17.9 Å². The van der Waals surface area contributed by atoms with Gasteiger partial charge in [-0.2, -0.15) is 5.26 Å². The normalized spacial score (nSPS) is 11.7. The number of aromatic nitrogens is 2. The molecule has 0 saturated carbocycles. The van der Waals surface area contributed by atoms with Crippen LogP contribution >= 0.6 is 0 Å². The van der Waals surface area contributed by atoms with Crippen LogP contribution in [-0.4, -0.2) is 9.13 Å². The molecule has 43 heavy (non-hydrogen) atoms. The molecule has 3 heterocycles. The minimum atomic E-state index is 0.444. The van der Waals surface area contributed by atoms with Gasteiger partial charge in [-0.25, -0.2) is 4.85 Å². The first kappa shape index (κ1) is 23.4. The van der Waals surface area contributed by atoms with Gasteiger partial charge >= 0.3 is 0 Å². The average molecular weight is 549 g/mol. The third kappa shape index (κ3) is 3.08. The summed E-state index contributed by atoms with van der Waals surface area (Å²) in [5, 5.41) is 16.4. The van der Waals surface area contributed by atoms with Crippen LogP contribution in [0.3, 0.4) is 0 Å². The minimum Gasteiger partial charge on any atom is -0.455 e. The van der Waals surface area contributed by atoms with Crippen LogP contribution in [0.1, 0.15) is 5.56 Å². The molecule has 5 heteroatoms. The number of para-hydroxylation sites is 3. The molecule has 0 N–H and O–H groups in total. The maximum absolute atomic E-state index is 10.0. The van der Waals surface area contributed by atoms with E-state index in [1.807, 2.05) is 24.3 Å². The van der Waals surface area contributed by atoms with Crippen molar-refractivity contribution in [2.24, 2.45) is 0 Å². The van der Waals surface area contributed by atoms with E-state index in [1.54, 1.807) is 12.1 Å². The molecule has 0 aliphatic carbocycles. The van der Waals surface area contributed by atoms with Crippen molar-refractivity contribution in [1.29, 1.82) is 5.26 Å². The highest BCUT2D eigenvalue weighted by Crippen LogP contribution is 2.44. The Balaban J connectivity index is 1.44. The molecule has 198 valence electrons. The van der Waals surface area contributed by atoms with Crippen molar-refractivity contribution in [2.75, 3.05) is 0 Å². The van der Waals surface area contributed by atoms with E-state index in [2.05, 4.69) is 105 Å². The third-order valence-electron chi connectivity index (χ3n) is 8.56. The second kappa shape index (κ2) is 8.60. The van der Waals surface area contributed by atoms with Gasteiger partial charge in [0.15, 0.2) is 5.69 Å². The van der Waals surface area contributed by atoms with Crippen LogP contribution in [0.4, 0.5) is 5.69 Å². The van der Waals surface area contributed by atoms with E-state index < -0.39 is 0 Å². The fraction of sp³-hybridized carbons (Fsp3) is 0. The lowest BCUT2D eigenvalue weighted by Gasteiger charge is -2.10. The summed E-state index contributed by atoms with van der Waals surface area (Å²) in [7, 11) is 0. The molecule has 0 spiro atoms. The van der Waals surface area contributed by atoms with Gasteiger partial charge in [-0.1, -0.05) is 60.7 Å². The van der Waals surface area contributed by atoms with Crippen molar-refractivity contribution in [1.82, 2.24) is 9.13 Å². The molecule has 0 aliphatic heterocycles. The summed E-state index contributed by atoms with van der Waals surface area (Å²) in [4.78, 5) is 3.53. The van der Waals surface area contributed by atoms with Crippen LogP contribution < -0.4 is 0 Å². The SMILES string of the molecule is [C-]#[N+]c1ccc(-n2c3ccccc3c3c4oc5c(ccc6c5c5ccccc5n6-c5ccccc5)c4ccc32)c(C#N)c1. The smallest absolute Gasteiger partial charge is 0.188 e. The number of fused-ring (bicyclic) bond motifs is 11. The second-order valence-corrected chi connectivity index (χ2v) is 10.7. The van der Waals surface area contributed by atoms with Gasteiger partial charge in [-0.05, 0) is 60.7 Å². The van der Waals surface area contributed by atoms with E-state index in [0.717, 1.165) is 76.9 Å². The topological polar surface area (TPSA) is 51.1 Å². The molecule has 0 saturated heterocycles. The molecule has 0 radical (unpaired) electrons. The minimum absolute atomic E-state index is 0.444. The maximum Gasteiger partial charge on any atom is 0.188 e. The molecule has 0 atom stereocenters. The summed E-state index contributed by atoms with van der Waals surface area (Å²) in [5.74, 6) is 0. The third-order valence-corrected chi connectivity index (χ3v) is 8.56. The Morgan fingerprint density at radius 3 is 1.79 bits per heavy atom. The second-order valence-electron chi connectivity index (χ2n) is 10.7. The molecule has 0 bridgehead atoms. The fourth-order valence-corrected chi connectivity index (χ4v) is 6.79. The lowest BCUT2D eigenvalue weighted by atomic mass is 10.1. The number of hydrogen-bond acceptors (Lipinski definition) is 2. The molecule has 0 amide bonds. The first-order chi connectivity index (χ1) is 21.3. The summed E-state index contributed by atoms with van der Waals surface area (Å²) < 4.78 is 11.4. The Bertz CT molecular complexity index is 2690. The quantitative estimate of drug-likeness (QED) is 0.202. The predicted molar refractivity (Wildman–Crippen MR) is 173 cm³/mol. The molecular weight excluding hydrogens is 528 g/mol. The van der Waals surface area contributed by atoms with Crippen LogP contribution in [0.2, 0.25) is 0 Å². The van der Waals surface area contributed by atoms with Gasteiger partial charge in [-0.3, -0.25) is 0 Å². The number of nitriles is 1. The highest BCUT2D eigenvalue weighted by molar-refractivity contribution is 6.29. The van der Waals surface area contributed by atoms with Gasteiger partial charge in [0.05, 0.1) is 56.7 Å². The van der Waals surface area contributed by atoms with Crippen molar-refractivity contribution < 1.29 is 4.42 Å². The molecule has 9 aromatic rings. The Morgan fingerprint density at radius 2 is 1.16 bits per heavy atom. The average Bonchev–Trinajstić information content (AvgIpc) is 3.72. The molecule has 6 aromatic carbocycles. The lowest BCUT2D eigenvalue weighted by Crippen LogP contribution is -1.97. The standard InChI is InChI=1S/C38H20N4O/c1-40-24-15-18-30(23(21-24)22-39)42-32-14-8-6-12-29(32)36-34(42)20-17-27-26-16-19-33-35(37(26)43-38(27)36)28-11-5-7-13-31(28)41(33)25-9-3-2-4-10-25/h2-21H. The summed E-state index contributed by atoms with van der Waals surface area (Å²) in [6, 6.07) is 43.3. The van der Waals surface area contributed by atoms with E-state index in [-0.39, 0.29) is 0 Å². The van der Waals surface area contributed by atoms with Crippen molar-refractivity contribution in [2.45, 2.75) is 0 Å². The van der Waals surface area contributed by atoms with Crippen LogP contribution in [0.25, 0.3) is 81.8 Å². The summed E-state index contributed by atoms with van der Waals surface area (Å²) in [6.07, 6.45) is 0. The highest BCUT2D eigenvalue weighted by Gasteiger charge is 2.22. The van der Waals surface area contributed by atoms with Gasteiger partial charge in [-0.15, -0.1) is 0 Å². The van der Waals surface area contributed by atoms with Crippen LogP contribution in [-0.2, 0) is 0 Å². The zero-order valence-electron chi connectivity index (χ0n) is 22.7. The number of furan rings is 1. The van der Waals surface area contributed by atoms with Crippen molar-refractivity contribution in [3.8, 4) is 17.4 Å². The molecule has 0 fully saturated rings. The van der Waals surface area contributed by atoms with Crippen molar-refractivity contribution in [3.63, 3.8) is 0 Å². The van der Waals surface area contributed by atoms with Gasteiger partial charge < -0.3 is 13.6 Å². The number of rotatable bonds is 2. The van der Waals surface area contributed by atoms with Gasteiger partial charge in [0, 0.05) is 27.2 Å². The summed E-state index contributed by atoms with van der Waals surface area (Å²) >= 11 is 0. The Hall–Kier alpha value is -6.30. The Morgan fingerprint density at radius 1 is 0.581 bits per heavy atom. The number of nitrogens with zero attached hydrogens (tertiary/aromatic N) is 4. The maximum atomic E-state index is 10.0. The molecule has 5 nitrogen and oxygen atoms in total. The van der Waals surface area contributed by atoms with Crippen molar-refractivity contribution >= 4 is 71.2 Å². The van der Waals surface area contributed by atoms with Crippen LogP contribution in [0.15, 0.2) is 126 Å². The first-order valence-electron chi connectivity index (χ1n) is 14.0. The predicted octanol–water partition coefficient (Wildman–Crippen LogP) is 10.2. The Kier molecular flexibility index (Phi) is 4.68. The highest BCUT2D eigenvalue weighted by atomic mass is 16.3. The molecule has 9 rings (SSSR count). The van der Waals surface area contributed by atoms with Gasteiger partial charge in [0.1, 0.15) is 11.2 Å². The van der Waals surface area contributed by atoms with Crippen LogP contribution in [0.5, 0.6) is 0 Å². The molecule has 3 aromatic heterocycles. The van der Waals surface area contributed by atoms with Gasteiger partial charge in [0.2, 0.25) is 0 Å². The number of benzene rings is 6. The van der Waals surface area contributed by atoms with Crippen molar-refractivity contribution in [3.05, 3.63) is 138 Å². The zero-order chi connectivity index (χ0) is 28.7. The van der Waals surface area contributed by atoms with E-state index in [4.69, 9.17) is 11.0 Å². The van der Waals surface area contributed by atoms with Gasteiger partial charge in [0.25, 0.3) is 0 Å². The Labute approximate surface area is 245 Å². The molecular formula is C38H20N4O. The monoisotopic (exact) mass is 548 g/mol. The summed E-state index contributed by atoms with van der Waals surface area (Å²) in [5.41, 5.74) is 8.57. The fourth-order valence-electron chi connectivity index (χ4n) is 6.79. The van der Waals surface area contributed by atoms with E-state index in [0.29, 0.717) is 11.3 Å². The van der Waals surface area contributed by atoms with E-state index in [1.165, 1.54) is 0 Å². The molecule has 0 aliphatic rings. The number of hydrogen-bond donors (Lipinski definition) is 0. The van der Waals surface area contributed by atoms with E-state index in [9.17, 15) is 5.26 Å².